The fourth-order valence-corrected chi connectivity index (χ4v) is 3.74. The zero-order chi connectivity index (χ0) is 21.1. The SMILES string of the molecule is Cc1nn(C)cc1CN1CCN(C(=O)c2ccn(COc3cccc(Cl)c3)n2)CC1. The Kier molecular flexibility index (Phi) is 6.06. The monoisotopic (exact) mass is 428 g/mol. The van der Waals surface area contributed by atoms with Gasteiger partial charge in [-0.05, 0) is 31.2 Å². The van der Waals surface area contributed by atoms with Gasteiger partial charge in [0.15, 0.2) is 12.4 Å². The maximum atomic E-state index is 12.8. The maximum Gasteiger partial charge on any atom is 0.274 e. The number of carbonyl (C=O) groups excluding carboxylic acids is 1. The number of aromatic nitrogens is 4. The Morgan fingerprint density at radius 3 is 2.67 bits per heavy atom. The lowest BCUT2D eigenvalue weighted by molar-refractivity contribution is 0.0620. The molecule has 4 rings (SSSR count). The van der Waals surface area contributed by atoms with Crippen molar-refractivity contribution in [3.8, 4) is 5.75 Å². The number of piperazine rings is 1. The Labute approximate surface area is 180 Å². The predicted molar refractivity (Wildman–Crippen MR) is 113 cm³/mol. The molecular weight excluding hydrogens is 404 g/mol. The van der Waals surface area contributed by atoms with Gasteiger partial charge in [0, 0.05) is 62.8 Å². The number of carbonyl (C=O) groups is 1. The summed E-state index contributed by atoms with van der Waals surface area (Å²) in [4.78, 5) is 17.0. The van der Waals surface area contributed by atoms with Crippen molar-refractivity contribution < 1.29 is 9.53 Å². The summed E-state index contributed by atoms with van der Waals surface area (Å²) in [7, 11) is 1.94. The molecule has 1 aromatic carbocycles. The average Bonchev–Trinajstić information content (AvgIpc) is 3.33. The predicted octanol–water partition coefficient (Wildman–Crippen LogP) is 2.57. The molecule has 1 aliphatic rings. The van der Waals surface area contributed by atoms with Crippen molar-refractivity contribution in [1.82, 2.24) is 29.4 Å². The molecule has 2 aromatic heterocycles. The van der Waals surface area contributed by atoms with Crippen LogP contribution >= 0.6 is 11.6 Å². The van der Waals surface area contributed by atoms with E-state index in [4.69, 9.17) is 16.3 Å². The quantitative estimate of drug-likeness (QED) is 0.603. The molecule has 1 amide bonds. The highest BCUT2D eigenvalue weighted by Crippen LogP contribution is 2.17. The summed E-state index contributed by atoms with van der Waals surface area (Å²) in [5.74, 6) is 0.611. The molecule has 8 nitrogen and oxygen atoms in total. The van der Waals surface area contributed by atoms with Crippen LogP contribution in [0.3, 0.4) is 0 Å². The summed E-state index contributed by atoms with van der Waals surface area (Å²) in [6, 6.07) is 8.91. The first-order chi connectivity index (χ1) is 14.5. The van der Waals surface area contributed by atoms with Gasteiger partial charge in [0.2, 0.25) is 0 Å². The van der Waals surface area contributed by atoms with Gasteiger partial charge in [-0.3, -0.25) is 14.4 Å². The molecular formula is C21H25ClN6O2. The van der Waals surface area contributed by atoms with Gasteiger partial charge in [-0.2, -0.15) is 10.2 Å². The number of hydrogen-bond donors (Lipinski definition) is 0. The third-order valence-corrected chi connectivity index (χ3v) is 5.42. The van der Waals surface area contributed by atoms with Gasteiger partial charge in [-0.15, -0.1) is 0 Å². The molecule has 3 aromatic rings. The molecule has 0 radical (unpaired) electrons. The van der Waals surface area contributed by atoms with E-state index in [2.05, 4.69) is 21.3 Å². The molecule has 0 N–H and O–H groups in total. The van der Waals surface area contributed by atoms with Crippen LogP contribution in [0.25, 0.3) is 0 Å². The van der Waals surface area contributed by atoms with Gasteiger partial charge in [-0.1, -0.05) is 17.7 Å². The topological polar surface area (TPSA) is 68.4 Å². The number of ether oxygens (including phenoxy) is 1. The van der Waals surface area contributed by atoms with Crippen LogP contribution in [-0.4, -0.2) is 61.4 Å². The van der Waals surface area contributed by atoms with E-state index in [0.717, 1.165) is 25.3 Å². The van der Waals surface area contributed by atoms with Crippen molar-refractivity contribution in [2.45, 2.75) is 20.2 Å². The Morgan fingerprint density at radius 2 is 1.97 bits per heavy atom. The first-order valence-corrected chi connectivity index (χ1v) is 10.3. The number of benzene rings is 1. The van der Waals surface area contributed by atoms with Crippen molar-refractivity contribution in [2.75, 3.05) is 26.2 Å². The van der Waals surface area contributed by atoms with Gasteiger partial charge in [0.05, 0.1) is 5.69 Å². The van der Waals surface area contributed by atoms with Crippen LogP contribution in [0, 0.1) is 6.92 Å². The van der Waals surface area contributed by atoms with E-state index in [1.54, 1.807) is 29.1 Å². The molecule has 0 saturated carbocycles. The normalized spacial score (nSPS) is 14.8. The Balaban J connectivity index is 1.28. The zero-order valence-electron chi connectivity index (χ0n) is 17.2. The highest BCUT2D eigenvalue weighted by atomic mass is 35.5. The van der Waals surface area contributed by atoms with E-state index in [9.17, 15) is 4.79 Å². The van der Waals surface area contributed by atoms with Gasteiger partial charge < -0.3 is 9.64 Å². The zero-order valence-corrected chi connectivity index (χ0v) is 17.9. The fraction of sp³-hybridized carbons (Fsp3) is 0.381. The molecule has 9 heteroatoms. The Bertz CT molecular complexity index is 1020. The average molecular weight is 429 g/mol. The number of rotatable bonds is 6. The van der Waals surface area contributed by atoms with Crippen LogP contribution in [-0.2, 0) is 20.3 Å². The third-order valence-electron chi connectivity index (χ3n) is 5.19. The highest BCUT2D eigenvalue weighted by Gasteiger charge is 2.24. The highest BCUT2D eigenvalue weighted by molar-refractivity contribution is 6.30. The standard InChI is InChI=1S/C21H25ClN6O2/c1-16-17(13-25(2)23-16)14-26-8-10-27(11-9-26)21(29)20-6-7-28(24-20)15-30-19-5-3-4-18(22)12-19/h3-7,12-13H,8-11,14-15H2,1-2H3. The molecule has 1 aliphatic heterocycles. The summed E-state index contributed by atoms with van der Waals surface area (Å²) in [6.07, 6.45) is 3.81. The molecule has 0 atom stereocenters. The molecule has 0 spiro atoms. The smallest absolute Gasteiger partial charge is 0.274 e. The first-order valence-electron chi connectivity index (χ1n) is 9.90. The van der Waals surface area contributed by atoms with Crippen LogP contribution in [0.5, 0.6) is 5.75 Å². The lowest BCUT2D eigenvalue weighted by Gasteiger charge is -2.34. The molecule has 0 bridgehead atoms. The molecule has 30 heavy (non-hydrogen) atoms. The van der Waals surface area contributed by atoms with Crippen LogP contribution in [0.1, 0.15) is 21.7 Å². The second kappa shape index (κ2) is 8.89. The minimum Gasteiger partial charge on any atom is -0.471 e. The lowest BCUT2D eigenvalue weighted by atomic mass is 10.2. The van der Waals surface area contributed by atoms with Gasteiger partial charge >= 0.3 is 0 Å². The van der Waals surface area contributed by atoms with Crippen LogP contribution in [0.15, 0.2) is 42.7 Å². The van der Waals surface area contributed by atoms with E-state index >= 15 is 0 Å². The summed E-state index contributed by atoms with van der Waals surface area (Å²) >= 11 is 5.96. The van der Waals surface area contributed by atoms with Gasteiger partial charge in [0.25, 0.3) is 5.91 Å². The third kappa shape index (κ3) is 4.83. The summed E-state index contributed by atoms with van der Waals surface area (Å²) in [5, 5.41) is 9.38. The van der Waals surface area contributed by atoms with Crippen molar-refractivity contribution in [2.24, 2.45) is 7.05 Å². The molecule has 1 fully saturated rings. The second-order valence-corrected chi connectivity index (χ2v) is 7.89. The van der Waals surface area contributed by atoms with Gasteiger partial charge in [-0.25, -0.2) is 4.68 Å². The molecule has 0 aliphatic carbocycles. The first kappa shape index (κ1) is 20.4. The summed E-state index contributed by atoms with van der Waals surface area (Å²) in [5.41, 5.74) is 2.72. The fourth-order valence-electron chi connectivity index (χ4n) is 3.56. The van der Waals surface area contributed by atoms with Crippen molar-refractivity contribution in [3.63, 3.8) is 0 Å². The number of hydrogen-bond acceptors (Lipinski definition) is 5. The molecule has 1 saturated heterocycles. The van der Waals surface area contributed by atoms with E-state index < -0.39 is 0 Å². The van der Waals surface area contributed by atoms with Gasteiger partial charge in [0.1, 0.15) is 5.75 Å². The number of halogens is 1. The van der Waals surface area contributed by atoms with Crippen molar-refractivity contribution in [3.05, 3.63) is 64.7 Å². The van der Waals surface area contributed by atoms with E-state index in [1.807, 2.05) is 35.7 Å². The number of amides is 1. The minimum absolute atomic E-state index is 0.0475. The maximum absolute atomic E-state index is 12.8. The van der Waals surface area contributed by atoms with Crippen LogP contribution in [0.2, 0.25) is 5.02 Å². The Morgan fingerprint density at radius 1 is 1.17 bits per heavy atom. The lowest BCUT2D eigenvalue weighted by Crippen LogP contribution is -2.48. The van der Waals surface area contributed by atoms with Crippen molar-refractivity contribution >= 4 is 17.5 Å². The minimum atomic E-state index is -0.0475. The summed E-state index contributed by atoms with van der Waals surface area (Å²) in [6.45, 7) is 6.13. The summed E-state index contributed by atoms with van der Waals surface area (Å²) < 4.78 is 9.12. The molecule has 3 heterocycles. The van der Waals surface area contributed by atoms with E-state index in [0.29, 0.717) is 29.6 Å². The second-order valence-electron chi connectivity index (χ2n) is 7.45. The van der Waals surface area contributed by atoms with Crippen LogP contribution < -0.4 is 4.74 Å². The largest absolute Gasteiger partial charge is 0.471 e. The molecule has 158 valence electrons. The van der Waals surface area contributed by atoms with E-state index in [-0.39, 0.29) is 12.6 Å². The number of aryl methyl sites for hydroxylation is 2. The Hall–Kier alpha value is -2.84. The van der Waals surface area contributed by atoms with E-state index in [1.165, 1.54) is 5.56 Å². The number of nitrogens with zero attached hydrogens (tertiary/aromatic N) is 6. The molecule has 0 unspecified atom stereocenters. The van der Waals surface area contributed by atoms with Crippen molar-refractivity contribution in [1.29, 1.82) is 0 Å². The van der Waals surface area contributed by atoms with Crippen LogP contribution in [0.4, 0.5) is 0 Å².